The lowest BCUT2D eigenvalue weighted by atomic mass is 10.1. The smallest absolute Gasteiger partial charge is 0.131 e. The summed E-state index contributed by atoms with van der Waals surface area (Å²) in [7, 11) is -1.49. The van der Waals surface area contributed by atoms with Crippen LogP contribution in [-0.4, -0.2) is 13.2 Å². The summed E-state index contributed by atoms with van der Waals surface area (Å²) in [6.45, 7) is 7.91. The lowest BCUT2D eigenvalue weighted by Crippen LogP contribution is -2.16. The van der Waals surface area contributed by atoms with Crippen LogP contribution in [0.4, 0.5) is 4.39 Å². The van der Waals surface area contributed by atoms with Crippen molar-refractivity contribution < 1.29 is 9.50 Å². The molecule has 1 nitrogen and oxygen atoms in total. The topological polar surface area (TPSA) is 20.2 Å². The molecule has 80 valence electrons. The van der Waals surface area contributed by atoms with Crippen LogP contribution < -0.4 is 0 Å². The molecule has 0 aliphatic carbocycles. The molecule has 15 heavy (non-hydrogen) atoms. The van der Waals surface area contributed by atoms with Crippen molar-refractivity contribution in [3.8, 4) is 17.2 Å². The summed E-state index contributed by atoms with van der Waals surface area (Å²) in [6, 6.07) is 2.70. The Morgan fingerprint density at radius 3 is 2.40 bits per heavy atom. The van der Waals surface area contributed by atoms with Gasteiger partial charge in [-0.2, -0.15) is 0 Å². The van der Waals surface area contributed by atoms with Gasteiger partial charge in [0.25, 0.3) is 0 Å². The SMILES string of the molecule is Cc1cc(O)c(C#C[Si](C)(C)C)cc1F. The molecule has 1 aromatic carbocycles. The number of rotatable bonds is 0. The van der Waals surface area contributed by atoms with Crippen LogP contribution >= 0.6 is 0 Å². The molecule has 0 bridgehead atoms. The van der Waals surface area contributed by atoms with E-state index in [4.69, 9.17) is 0 Å². The predicted molar refractivity (Wildman–Crippen MR) is 63.0 cm³/mol. The average molecular weight is 222 g/mol. The Hall–Kier alpha value is -1.27. The predicted octanol–water partition coefficient (Wildman–Crippen LogP) is 3.07. The summed E-state index contributed by atoms with van der Waals surface area (Å²) in [5, 5.41) is 9.56. The van der Waals surface area contributed by atoms with E-state index in [1.54, 1.807) is 6.92 Å². The molecule has 0 radical (unpaired) electrons. The molecule has 1 aromatic rings. The van der Waals surface area contributed by atoms with Crippen molar-refractivity contribution in [3.63, 3.8) is 0 Å². The molecule has 3 heteroatoms. The van der Waals surface area contributed by atoms with E-state index in [-0.39, 0.29) is 11.6 Å². The van der Waals surface area contributed by atoms with Crippen molar-refractivity contribution in [2.75, 3.05) is 0 Å². The summed E-state index contributed by atoms with van der Waals surface area (Å²) in [5.41, 5.74) is 3.90. The minimum atomic E-state index is -1.49. The first-order valence-corrected chi connectivity index (χ1v) is 8.32. The van der Waals surface area contributed by atoms with E-state index in [9.17, 15) is 9.50 Å². The third-order valence-corrected chi connectivity index (χ3v) is 2.72. The first-order valence-electron chi connectivity index (χ1n) is 4.82. The van der Waals surface area contributed by atoms with Gasteiger partial charge in [-0.3, -0.25) is 0 Å². The number of phenols is 1. The van der Waals surface area contributed by atoms with Gasteiger partial charge in [-0.05, 0) is 24.6 Å². The number of halogens is 1. The Labute approximate surface area is 91.0 Å². The molecule has 1 N–H and O–H groups in total. The molecule has 0 saturated carbocycles. The summed E-state index contributed by atoms with van der Waals surface area (Å²) >= 11 is 0. The van der Waals surface area contributed by atoms with Crippen LogP contribution in [0, 0.1) is 24.2 Å². The van der Waals surface area contributed by atoms with E-state index in [0.717, 1.165) is 0 Å². The van der Waals surface area contributed by atoms with Crippen LogP contribution in [0.1, 0.15) is 11.1 Å². The zero-order chi connectivity index (χ0) is 11.6. The number of aromatic hydroxyl groups is 1. The Morgan fingerprint density at radius 2 is 1.87 bits per heavy atom. The van der Waals surface area contributed by atoms with Gasteiger partial charge in [-0.15, -0.1) is 5.54 Å². The molecule has 0 fully saturated rings. The van der Waals surface area contributed by atoms with Crippen molar-refractivity contribution in [2.45, 2.75) is 26.6 Å². The number of phenolic OH excluding ortho intramolecular Hbond substituents is 1. The van der Waals surface area contributed by atoms with E-state index in [1.165, 1.54) is 12.1 Å². The third kappa shape index (κ3) is 3.41. The van der Waals surface area contributed by atoms with Gasteiger partial charge in [-0.25, -0.2) is 4.39 Å². The van der Waals surface area contributed by atoms with E-state index in [0.29, 0.717) is 11.1 Å². The van der Waals surface area contributed by atoms with Crippen LogP contribution in [0.15, 0.2) is 12.1 Å². The third-order valence-electron chi connectivity index (χ3n) is 1.85. The standard InChI is InChI=1S/C12H15FOSi/c1-9-7-12(14)10(8-11(9)13)5-6-15(2,3)4/h7-8,14H,1-4H3. The van der Waals surface area contributed by atoms with Gasteiger partial charge >= 0.3 is 0 Å². The number of benzene rings is 1. The maximum Gasteiger partial charge on any atom is 0.131 e. The van der Waals surface area contributed by atoms with Crippen molar-refractivity contribution >= 4 is 8.07 Å². The Balaban J connectivity index is 3.15. The molecule has 0 amide bonds. The highest BCUT2D eigenvalue weighted by Crippen LogP contribution is 2.20. The van der Waals surface area contributed by atoms with Crippen LogP contribution in [0.25, 0.3) is 0 Å². The van der Waals surface area contributed by atoms with Crippen molar-refractivity contribution in [1.29, 1.82) is 0 Å². The minimum absolute atomic E-state index is 0.0552. The second-order valence-corrected chi connectivity index (χ2v) is 9.37. The van der Waals surface area contributed by atoms with Crippen LogP contribution in [0.3, 0.4) is 0 Å². The number of aryl methyl sites for hydroxylation is 1. The quantitative estimate of drug-likeness (QED) is 0.528. The first-order chi connectivity index (χ1) is 6.79. The van der Waals surface area contributed by atoms with Gasteiger partial charge < -0.3 is 5.11 Å². The fourth-order valence-corrected chi connectivity index (χ4v) is 1.53. The van der Waals surface area contributed by atoms with Gasteiger partial charge in [0.1, 0.15) is 19.6 Å². The Morgan fingerprint density at radius 1 is 1.27 bits per heavy atom. The highest BCUT2D eigenvalue weighted by molar-refractivity contribution is 6.83. The maximum absolute atomic E-state index is 13.2. The summed E-state index contributed by atoms with van der Waals surface area (Å²) in [4.78, 5) is 0. The molecule has 0 saturated heterocycles. The zero-order valence-corrected chi connectivity index (χ0v) is 10.5. The minimum Gasteiger partial charge on any atom is -0.507 e. The Kier molecular flexibility index (Phi) is 3.20. The van der Waals surface area contributed by atoms with Crippen molar-refractivity contribution in [1.82, 2.24) is 0 Å². The van der Waals surface area contributed by atoms with Gasteiger partial charge in [-0.1, -0.05) is 25.6 Å². The van der Waals surface area contributed by atoms with E-state index >= 15 is 0 Å². The summed E-state index contributed by atoms with van der Waals surface area (Å²) in [5.74, 6) is 2.57. The second-order valence-electron chi connectivity index (χ2n) is 4.62. The second kappa shape index (κ2) is 4.07. The zero-order valence-electron chi connectivity index (χ0n) is 9.48. The van der Waals surface area contributed by atoms with Gasteiger partial charge in [0, 0.05) is 0 Å². The molecular formula is C12H15FOSi. The van der Waals surface area contributed by atoms with E-state index < -0.39 is 8.07 Å². The van der Waals surface area contributed by atoms with Crippen LogP contribution in [-0.2, 0) is 0 Å². The lowest BCUT2D eigenvalue weighted by molar-refractivity contribution is 0.470. The number of hydrogen-bond acceptors (Lipinski definition) is 1. The van der Waals surface area contributed by atoms with Crippen LogP contribution in [0.5, 0.6) is 5.75 Å². The monoisotopic (exact) mass is 222 g/mol. The van der Waals surface area contributed by atoms with Gasteiger partial charge in [0.05, 0.1) is 5.56 Å². The average Bonchev–Trinajstić information content (AvgIpc) is 2.07. The number of hydrogen-bond donors (Lipinski definition) is 1. The molecule has 0 aliphatic rings. The van der Waals surface area contributed by atoms with E-state index in [2.05, 4.69) is 31.1 Å². The molecule has 0 aromatic heterocycles. The van der Waals surface area contributed by atoms with Crippen LogP contribution in [0.2, 0.25) is 19.6 Å². The molecule has 0 aliphatic heterocycles. The van der Waals surface area contributed by atoms with Gasteiger partial charge in [0.2, 0.25) is 0 Å². The Bertz CT molecular complexity index is 435. The fraction of sp³-hybridized carbons (Fsp3) is 0.333. The first kappa shape index (κ1) is 11.8. The van der Waals surface area contributed by atoms with Crippen molar-refractivity contribution in [3.05, 3.63) is 29.1 Å². The maximum atomic E-state index is 13.2. The van der Waals surface area contributed by atoms with E-state index in [1.807, 2.05) is 0 Å². The molecule has 0 spiro atoms. The van der Waals surface area contributed by atoms with Crippen molar-refractivity contribution in [2.24, 2.45) is 0 Å². The largest absolute Gasteiger partial charge is 0.507 e. The molecule has 0 unspecified atom stereocenters. The highest BCUT2D eigenvalue weighted by Gasteiger charge is 2.09. The highest BCUT2D eigenvalue weighted by atomic mass is 28.3. The fourth-order valence-electron chi connectivity index (χ4n) is 1.02. The normalized spacial score (nSPS) is 10.7. The summed E-state index contributed by atoms with van der Waals surface area (Å²) < 4.78 is 13.2. The molecule has 0 atom stereocenters. The summed E-state index contributed by atoms with van der Waals surface area (Å²) in [6.07, 6.45) is 0. The molecular weight excluding hydrogens is 207 g/mol. The van der Waals surface area contributed by atoms with Gasteiger partial charge in [0.15, 0.2) is 0 Å². The lowest BCUT2D eigenvalue weighted by Gasteiger charge is -2.04. The molecule has 0 heterocycles. The molecule has 1 rings (SSSR count).